The van der Waals surface area contributed by atoms with E-state index in [0.717, 1.165) is 5.52 Å². The number of hydrogen-bond acceptors (Lipinski definition) is 7. The number of carbonyl (C=O) groups is 1. The Morgan fingerprint density at radius 2 is 1.81 bits per heavy atom. The fourth-order valence-electron chi connectivity index (χ4n) is 3.85. The van der Waals surface area contributed by atoms with Crippen LogP contribution in [0, 0.1) is 0 Å². The molecule has 0 bridgehead atoms. The number of aromatic nitrogens is 1. The van der Waals surface area contributed by atoms with E-state index in [1.807, 2.05) is 36.7 Å². The van der Waals surface area contributed by atoms with Crippen molar-refractivity contribution in [3.63, 3.8) is 0 Å². The van der Waals surface area contributed by atoms with Crippen LogP contribution in [-0.4, -0.2) is 60.3 Å². The number of methoxy groups -OCH3 is 2. The molecule has 1 aromatic heterocycles. The van der Waals surface area contributed by atoms with Crippen molar-refractivity contribution in [1.29, 1.82) is 0 Å². The molecule has 1 heterocycles. The second kappa shape index (κ2) is 9.58. The van der Waals surface area contributed by atoms with Gasteiger partial charge in [-0.3, -0.25) is 0 Å². The average molecular weight is 457 g/mol. The first kappa shape index (κ1) is 23.6. The van der Waals surface area contributed by atoms with Gasteiger partial charge in [0, 0.05) is 30.1 Å². The van der Waals surface area contributed by atoms with Crippen molar-refractivity contribution in [2.75, 3.05) is 34.9 Å². The van der Waals surface area contributed by atoms with Crippen LogP contribution in [0.15, 0.2) is 30.3 Å². The number of hydrogen-bond donors (Lipinski definition) is 1. The molecule has 0 saturated carbocycles. The summed E-state index contributed by atoms with van der Waals surface area (Å²) < 4.78 is 18.0. The highest BCUT2D eigenvalue weighted by molar-refractivity contribution is 7.81. The summed E-state index contributed by atoms with van der Waals surface area (Å²) in [7, 11) is 8.78. The Hall–Kier alpha value is -3.10. The lowest BCUT2D eigenvalue weighted by atomic mass is 10.00. The van der Waals surface area contributed by atoms with E-state index in [2.05, 4.69) is 0 Å². The first-order valence-corrected chi connectivity index (χ1v) is 10.6. The molecular formula is C24H28N2O5S. The summed E-state index contributed by atoms with van der Waals surface area (Å²) in [5.74, 6) is 0.752. The summed E-state index contributed by atoms with van der Waals surface area (Å²) in [6.07, 6.45) is 0. The number of benzene rings is 2. The van der Waals surface area contributed by atoms with Crippen LogP contribution in [0.1, 0.15) is 34.1 Å². The summed E-state index contributed by atoms with van der Waals surface area (Å²) in [6, 6.07) is 8.81. The largest absolute Gasteiger partial charge is 0.508 e. The fourth-order valence-corrected chi connectivity index (χ4v) is 4.21. The molecule has 0 saturated heterocycles. The third-order valence-electron chi connectivity index (χ3n) is 5.26. The van der Waals surface area contributed by atoms with Crippen molar-refractivity contribution in [2.45, 2.75) is 13.5 Å². The maximum atomic E-state index is 13.2. The molecule has 0 aliphatic heterocycles. The molecule has 7 nitrogen and oxygen atoms in total. The number of phenolic OH excluding ortho intramolecular Hbond substituents is 1. The zero-order valence-corrected chi connectivity index (χ0v) is 20.0. The number of ether oxygens (including phenoxy) is 3. The first-order valence-electron chi connectivity index (χ1n) is 10.2. The van der Waals surface area contributed by atoms with Crippen molar-refractivity contribution in [3.8, 4) is 17.2 Å². The maximum Gasteiger partial charge on any atom is 0.341 e. The van der Waals surface area contributed by atoms with Crippen LogP contribution >= 0.6 is 12.2 Å². The number of thiocarbonyl (C=S) groups is 1. The van der Waals surface area contributed by atoms with Crippen molar-refractivity contribution in [3.05, 3.63) is 52.7 Å². The van der Waals surface area contributed by atoms with Gasteiger partial charge in [-0.05, 0) is 56.9 Å². The van der Waals surface area contributed by atoms with Crippen LogP contribution in [0.4, 0.5) is 0 Å². The van der Waals surface area contributed by atoms with Crippen molar-refractivity contribution in [1.82, 2.24) is 9.47 Å². The monoisotopic (exact) mass is 456 g/mol. The highest BCUT2D eigenvalue weighted by Crippen LogP contribution is 2.37. The lowest BCUT2D eigenvalue weighted by molar-refractivity contribution is 0.0528. The minimum absolute atomic E-state index is 0.117. The number of esters is 1. The van der Waals surface area contributed by atoms with Gasteiger partial charge in [0.05, 0.1) is 36.9 Å². The Morgan fingerprint density at radius 3 is 2.41 bits per heavy atom. The first-order chi connectivity index (χ1) is 15.2. The van der Waals surface area contributed by atoms with E-state index in [4.69, 9.17) is 26.4 Å². The van der Waals surface area contributed by atoms with Gasteiger partial charge in [-0.1, -0.05) is 12.2 Å². The lowest BCUT2D eigenvalue weighted by Gasteiger charge is -2.14. The second-order valence-electron chi connectivity index (χ2n) is 7.60. The fraction of sp³-hybridized carbons (Fsp3) is 0.333. The van der Waals surface area contributed by atoms with Gasteiger partial charge >= 0.3 is 5.97 Å². The van der Waals surface area contributed by atoms with Gasteiger partial charge < -0.3 is 28.8 Å². The van der Waals surface area contributed by atoms with Gasteiger partial charge in [-0.15, -0.1) is 0 Å². The molecule has 3 aromatic rings. The number of fused-ring (bicyclic) bond motifs is 1. The number of carbonyl (C=O) groups excluding carboxylic acids is 1. The molecule has 0 spiro atoms. The van der Waals surface area contributed by atoms with E-state index < -0.39 is 5.97 Å². The molecule has 0 unspecified atom stereocenters. The predicted octanol–water partition coefficient (Wildman–Crippen LogP) is 3.91. The van der Waals surface area contributed by atoms with Gasteiger partial charge in [-0.25, -0.2) is 4.79 Å². The lowest BCUT2D eigenvalue weighted by Crippen LogP contribution is -2.15. The van der Waals surface area contributed by atoms with E-state index in [9.17, 15) is 9.90 Å². The van der Waals surface area contributed by atoms with Gasteiger partial charge in [0.2, 0.25) is 0 Å². The van der Waals surface area contributed by atoms with Crippen molar-refractivity contribution >= 4 is 34.0 Å². The minimum Gasteiger partial charge on any atom is -0.508 e. The summed E-state index contributed by atoms with van der Waals surface area (Å²) in [4.78, 5) is 15.6. The van der Waals surface area contributed by atoms with Crippen LogP contribution in [-0.2, 0) is 18.3 Å². The van der Waals surface area contributed by atoms with Gasteiger partial charge in [0.15, 0.2) is 11.5 Å². The SMILES string of the molecule is CCOC(=O)c1c(C(=S)c2ccc(OC)c(OC)c2)n(C)c2ccc(O)c(CN(C)C)c12. The summed E-state index contributed by atoms with van der Waals surface area (Å²) in [5.41, 5.74) is 3.02. The molecule has 8 heteroatoms. The van der Waals surface area contributed by atoms with E-state index in [1.165, 1.54) is 0 Å². The highest BCUT2D eigenvalue weighted by atomic mass is 32.1. The molecule has 32 heavy (non-hydrogen) atoms. The molecular weight excluding hydrogens is 428 g/mol. The van der Waals surface area contributed by atoms with E-state index >= 15 is 0 Å². The van der Waals surface area contributed by atoms with E-state index in [0.29, 0.717) is 50.7 Å². The van der Waals surface area contributed by atoms with Crippen molar-refractivity contribution in [2.24, 2.45) is 7.05 Å². The van der Waals surface area contributed by atoms with Gasteiger partial charge in [0.1, 0.15) is 5.75 Å². The standard InChI is InChI=1S/C24H28N2O5S/c1-7-31-24(28)21-20-15(13-25(2)3)17(27)10-9-16(20)26(4)22(21)23(32)14-8-11-18(29-5)19(12-14)30-6/h8-12,27H,7,13H2,1-6H3. The normalized spacial score (nSPS) is 11.1. The molecule has 0 aliphatic rings. The molecule has 1 N–H and O–H groups in total. The minimum atomic E-state index is -0.485. The number of rotatable bonds is 8. The van der Waals surface area contributed by atoms with E-state index in [-0.39, 0.29) is 12.4 Å². The molecule has 0 radical (unpaired) electrons. The molecule has 2 aromatic carbocycles. The topological polar surface area (TPSA) is 73.2 Å². The van der Waals surface area contributed by atoms with Crippen LogP contribution in [0.2, 0.25) is 0 Å². The third-order valence-corrected chi connectivity index (χ3v) is 5.69. The third kappa shape index (κ3) is 4.16. The predicted molar refractivity (Wildman–Crippen MR) is 128 cm³/mol. The Balaban J connectivity index is 2.33. The maximum absolute atomic E-state index is 13.2. The number of aryl methyl sites for hydroxylation is 1. The molecule has 3 rings (SSSR count). The van der Waals surface area contributed by atoms with Crippen LogP contribution in [0.3, 0.4) is 0 Å². The smallest absolute Gasteiger partial charge is 0.341 e. The zero-order chi connectivity index (χ0) is 23.6. The number of phenols is 1. The molecule has 0 fully saturated rings. The Labute approximate surface area is 193 Å². The summed E-state index contributed by atoms with van der Waals surface area (Å²) in [5, 5.41) is 11.3. The molecule has 170 valence electrons. The number of nitrogens with zero attached hydrogens (tertiary/aromatic N) is 2. The Bertz CT molecular complexity index is 1180. The highest BCUT2D eigenvalue weighted by Gasteiger charge is 2.29. The summed E-state index contributed by atoms with van der Waals surface area (Å²) >= 11 is 5.86. The van der Waals surface area contributed by atoms with Crippen LogP contribution < -0.4 is 9.47 Å². The van der Waals surface area contributed by atoms with Gasteiger partial charge in [-0.2, -0.15) is 0 Å². The second-order valence-corrected chi connectivity index (χ2v) is 8.01. The molecule has 0 amide bonds. The molecule has 0 atom stereocenters. The van der Waals surface area contributed by atoms with Gasteiger partial charge in [0.25, 0.3) is 0 Å². The van der Waals surface area contributed by atoms with Crippen molar-refractivity contribution < 1.29 is 24.1 Å². The Kier molecular flexibility index (Phi) is 7.06. The van der Waals surface area contributed by atoms with E-state index in [1.54, 1.807) is 45.4 Å². The quantitative estimate of drug-likeness (QED) is 0.313. The zero-order valence-electron chi connectivity index (χ0n) is 19.2. The average Bonchev–Trinajstić information content (AvgIpc) is 3.07. The van der Waals surface area contributed by atoms with Crippen LogP contribution in [0.5, 0.6) is 17.2 Å². The molecule has 0 aliphatic carbocycles. The Morgan fingerprint density at radius 1 is 1.12 bits per heavy atom. The summed E-state index contributed by atoms with van der Waals surface area (Å²) in [6.45, 7) is 2.43. The number of aromatic hydroxyl groups is 1. The van der Waals surface area contributed by atoms with Crippen LogP contribution in [0.25, 0.3) is 10.9 Å².